The number of carbonyl (C=O) groups is 4. The van der Waals surface area contributed by atoms with Gasteiger partial charge in [0.05, 0.1) is 46.1 Å². The van der Waals surface area contributed by atoms with E-state index in [0.717, 1.165) is 16.0 Å². The summed E-state index contributed by atoms with van der Waals surface area (Å²) in [6, 6.07) is 21.4. The van der Waals surface area contributed by atoms with Crippen molar-refractivity contribution in [3.05, 3.63) is 106 Å². The fraction of sp³-hybridized carbons (Fsp3) is 0.314. The zero-order valence-corrected chi connectivity index (χ0v) is 24.9. The average Bonchev–Trinajstić information content (AvgIpc) is 3.44. The Morgan fingerprint density at radius 1 is 0.891 bits per heavy atom. The van der Waals surface area contributed by atoms with Gasteiger partial charge in [-0.05, 0) is 61.6 Å². The molecule has 0 radical (unpaired) electrons. The normalized spacial score (nSPS) is 28.5. The van der Waals surface area contributed by atoms with Crippen molar-refractivity contribution in [3.8, 4) is 5.75 Å². The highest BCUT2D eigenvalue weighted by molar-refractivity contribution is 6.25. The van der Waals surface area contributed by atoms with Crippen LogP contribution in [0.25, 0.3) is 0 Å². The first-order chi connectivity index (χ1) is 22.2. The van der Waals surface area contributed by atoms with Crippen LogP contribution in [-0.2, 0) is 19.2 Å². The number of imide groups is 2. The molecule has 2 saturated heterocycles. The number of ether oxygens (including phenoxy) is 1. The topological polar surface area (TPSA) is 147 Å². The minimum atomic E-state index is -1.18. The molecule has 3 fully saturated rings. The van der Waals surface area contributed by atoms with Crippen molar-refractivity contribution in [2.45, 2.75) is 25.7 Å². The molecular formula is C35H31N3O8. The smallest absolute Gasteiger partial charge is 0.271 e. The van der Waals surface area contributed by atoms with Crippen LogP contribution in [0.5, 0.6) is 5.75 Å². The first kappa shape index (κ1) is 29.5. The number of anilines is 2. The molecule has 2 heterocycles. The molecule has 4 aliphatic rings. The number of nitro groups is 1. The highest BCUT2D eigenvalue weighted by Gasteiger charge is 2.67. The minimum Gasteiger partial charge on any atom is -0.491 e. The van der Waals surface area contributed by atoms with Crippen LogP contribution in [0.3, 0.4) is 0 Å². The van der Waals surface area contributed by atoms with Crippen molar-refractivity contribution in [1.82, 2.24) is 0 Å². The quantitative estimate of drug-likeness (QED) is 0.177. The average molecular weight is 622 g/mol. The number of para-hydroxylation sites is 1. The third kappa shape index (κ3) is 4.29. The molecule has 11 heteroatoms. The van der Waals surface area contributed by atoms with Crippen molar-refractivity contribution < 1.29 is 33.9 Å². The molecule has 234 valence electrons. The van der Waals surface area contributed by atoms with Crippen LogP contribution < -0.4 is 14.5 Å². The summed E-state index contributed by atoms with van der Waals surface area (Å²) in [7, 11) is 0. The number of hydrogen-bond acceptors (Lipinski definition) is 8. The molecule has 0 spiro atoms. The largest absolute Gasteiger partial charge is 0.491 e. The summed E-state index contributed by atoms with van der Waals surface area (Å²) in [5.74, 6) is -4.38. The summed E-state index contributed by atoms with van der Waals surface area (Å²) < 4.78 is 5.56. The molecule has 7 rings (SSSR count). The van der Waals surface area contributed by atoms with Gasteiger partial charge >= 0.3 is 0 Å². The number of allylic oxidation sites excluding steroid dienone is 2. The van der Waals surface area contributed by atoms with Crippen molar-refractivity contribution in [1.29, 1.82) is 0 Å². The summed E-state index contributed by atoms with van der Waals surface area (Å²) in [4.78, 5) is 69.8. The van der Waals surface area contributed by atoms with E-state index in [4.69, 9.17) is 4.74 Å². The van der Waals surface area contributed by atoms with E-state index in [-0.39, 0.29) is 49.2 Å². The molecule has 1 N–H and O–H groups in total. The monoisotopic (exact) mass is 621 g/mol. The summed E-state index contributed by atoms with van der Waals surface area (Å²) in [6.07, 6.45) is 2.42. The number of non-ortho nitro benzene ring substituents is 1. The molecule has 11 nitrogen and oxygen atoms in total. The summed E-state index contributed by atoms with van der Waals surface area (Å²) >= 11 is 0. The van der Waals surface area contributed by atoms with Crippen LogP contribution in [0.15, 0.2) is 90.5 Å². The third-order valence-corrected chi connectivity index (χ3v) is 10.2. The Morgan fingerprint density at radius 2 is 1.61 bits per heavy atom. The van der Waals surface area contributed by atoms with Gasteiger partial charge in [-0.1, -0.05) is 48.0 Å². The molecule has 0 aromatic heterocycles. The lowest BCUT2D eigenvalue weighted by Gasteiger charge is -2.49. The van der Waals surface area contributed by atoms with Gasteiger partial charge in [0.1, 0.15) is 12.4 Å². The molecule has 6 atom stereocenters. The maximum Gasteiger partial charge on any atom is 0.271 e. The maximum atomic E-state index is 14.4. The van der Waals surface area contributed by atoms with Crippen LogP contribution in [0.2, 0.25) is 0 Å². The van der Waals surface area contributed by atoms with Crippen molar-refractivity contribution in [3.63, 3.8) is 0 Å². The Kier molecular flexibility index (Phi) is 7.08. The first-order valence-corrected chi connectivity index (χ1v) is 15.3. The minimum absolute atomic E-state index is 0.120. The lowest BCUT2D eigenvalue weighted by molar-refractivity contribution is -0.384. The van der Waals surface area contributed by atoms with E-state index in [1.165, 1.54) is 29.2 Å². The predicted octanol–water partition coefficient (Wildman–Crippen LogP) is 4.40. The Morgan fingerprint density at radius 3 is 2.30 bits per heavy atom. The molecule has 3 aromatic carbocycles. The number of carbonyl (C=O) groups excluding carboxylic acids is 4. The van der Waals surface area contributed by atoms with E-state index >= 15 is 0 Å². The number of aliphatic hydroxyl groups excluding tert-OH is 1. The van der Waals surface area contributed by atoms with Gasteiger partial charge in [-0.15, -0.1) is 0 Å². The second-order valence-electron chi connectivity index (χ2n) is 12.4. The van der Waals surface area contributed by atoms with E-state index < -0.39 is 51.7 Å². The Balaban J connectivity index is 1.33. The molecule has 2 aliphatic heterocycles. The van der Waals surface area contributed by atoms with E-state index in [2.05, 4.69) is 0 Å². The summed E-state index contributed by atoms with van der Waals surface area (Å²) in [5.41, 5.74) is 0.796. The van der Waals surface area contributed by atoms with Gasteiger partial charge < -0.3 is 9.84 Å². The molecule has 0 bridgehead atoms. The Labute approximate surface area is 264 Å². The first-order valence-electron chi connectivity index (χ1n) is 15.3. The highest BCUT2D eigenvalue weighted by Crippen LogP contribution is 2.63. The van der Waals surface area contributed by atoms with Gasteiger partial charge in [0, 0.05) is 18.1 Å². The zero-order chi connectivity index (χ0) is 32.3. The van der Waals surface area contributed by atoms with Gasteiger partial charge in [0.25, 0.3) is 5.69 Å². The van der Waals surface area contributed by atoms with Gasteiger partial charge in [-0.2, -0.15) is 0 Å². The van der Waals surface area contributed by atoms with Crippen molar-refractivity contribution in [2.75, 3.05) is 23.0 Å². The Bertz CT molecular complexity index is 1810. The standard InChI is InChI=1S/C35H31N3O8/c1-35-28(32(41)37(34(35)43)21-6-3-2-4-7-21)19-27-25(30(35)20-10-12-24(13-11-20)46-17-16-39)14-15-26-29(27)33(42)36(31(26)40)22-8-5-9-23(18-22)38(44)45/h2-14,18,26-30,39H,15-17,19H2,1H3. The predicted molar refractivity (Wildman–Crippen MR) is 166 cm³/mol. The van der Waals surface area contributed by atoms with Gasteiger partial charge in [-0.3, -0.25) is 29.3 Å². The summed E-state index contributed by atoms with van der Waals surface area (Å²) in [6.45, 7) is 1.80. The van der Waals surface area contributed by atoms with Crippen LogP contribution in [-0.4, -0.2) is 46.9 Å². The second kappa shape index (κ2) is 11.0. The van der Waals surface area contributed by atoms with Gasteiger partial charge in [-0.25, -0.2) is 9.80 Å². The molecule has 4 amide bonds. The molecule has 1 saturated carbocycles. The number of hydrogen-bond donors (Lipinski definition) is 1. The van der Waals surface area contributed by atoms with Gasteiger partial charge in [0.2, 0.25) is 23.6 Å². The van der Waals surface area contributed by atoms with Crippen molar-refractivity contribution in [2.24, 2.45) is 29.1 Å². The number of fused-ring (bicyclic) bond motifs is 4. The molecule has 3 aromatic rings. The van der Waals surface area contributed by atoms with Crippen LogP contribution in [0.1, 0.15) is 31.2 Å². The van der Waals surface area contributed by atoms with E-state index in [1.807, 2.05) is 31.2 Å². The lowest BCUT2D eigenvalue weighted by Crippen LogP contribution is -2.48. The van der Waals surface area contributed by atoms with Crippen LogP contribution in [0, 0.1) is 39.2 Å². The fourth-order valence-corrected chi connectivity index (χ4v) is 8.14. The van der Waals surface area contributed by atoms with Gasteiger partial charge in [0.15, 0.2) is 0 Å². The fourth-order valence-electron chi connectivity index (χ4n) is 8.14. The van der Waals surface area contributed by atoms with Crippen LogP contribution >= 0.6 is 0 Å². The van der Waals surface area contributed by atoms with Crippen molar-refractivity contribution >= 4 is 40.7 Å². The number of rotatable bonds is 7. The molecule has 46 heavy (non-hydrogen) atoms. The third-order valence-electron chi connectivity index (χ3n) is 10.2. The van der Waals surface area contributed by atoms with E-state index in [1.54, 1.807) is 36.4 Å². The second-order valence-corrected chi connectivity index (χ2v) is 12.4. The van der Waals surface area contributed by atoms with Crippen LogP contribution in [0.4, 0.5) is 17.1 Å². The SMILES string of the molecule is CC12C(=O)N(c3ccccc3)C(=O)C1CC1C(=CCC3C(=O)N(c4cccc([N+](=O)[O-])c4)C(=O)C31)C2c1ccc(OCCO)cc1. The lowest BCUT2D eigenvalue weighted by atomic mass is 9.51. The number of nitrogens with zero attached hydrogens (tertiary/aromatic N) is 3. The number of aliphatic hydroxyl groups is 1. The number of benzene rings is 3. The molecule has 6 unspecified atom stereocenters. The maximum absolute atomic E-state index is 14.4. The Hall–Kier alpha value is -5.16. The number of nitro benzene ring substituents is 1. The zero-order valence-electron chi connectivity index (χ0n) is 24.9. The van der Waals surface area contributed by atoms with E-state index in [9.17, 15) is 34.4 Å². The summed E-state index contributed by atoms with van der Waals surface area (Å²) in [5, 5.41) is 20.6. The molecule has 2 aliphatic carbocycles. The highest BCUT2D eigenvalue weighted by atomic mass is 16.6. The molecular weight excluding hydrogens is 590 g/mol. The number of amides is 4. The van der Waals surface area contributed by atoms with E-state index in [0.29, 0.717) is 11.4 Å².